The lowest BCUT2D eigenvalue weighted by atomic mass is 9.92. The molecule has 1 aliphatic carbocycles. The standard InChI is InChI=1S/C12H12N2O2/c1-7-6-12(10(15)13-11(16)14-12)9-5-3-2-4-8(7)9/h2-5,7H,6H2,1H3,(H2,13,14,15,16)/t7-,12-/m1/s1. The molecule has 1 heterocycles. The Balaban J connectivity index is 2.19. The van der Waals surface area contributed by atoms with Crippen molar-refractivity contribution in [3.63, 3.8) is 0 Å². The van der Waals surface area contributed by atoms with Crippen molar-refractivity contribution in [2.75, 3.05) is 0 Å². The molecule has 3 amide bonds. The van der Waals surface area contributed by atoms with E-state index in [4.69, 9.17) is 0 Å². The fourth-order valence-corrected chi connectivity index (χ4v) is 2.82. The number of rotatable bonds is 0. The van der Waals surface area contributed by atoms with E-state index in [0.29, 0.717) is 12.3 Å². The van der Waals surface area contributed by atoms with Crippen molar-refractivity contribution < 1.29 is 9.59 Å². The molecule has 1 aromatic rings. The van der Waals surface area contributed by atoms with Gasteiger partial charge in [0.2, 0.25) is 0 Å². The number of amides is 3. The molecule has 1 aromatic carbocycles. The van der Waals surface area contributed by atoms with Crippen LogP contribution in [0.2, 0.25) is 0 Å². The molecule has 1 aliphatic heterocycles. The van der Waals surface area contributed by atoms with Gasteiger partial charge in [0.05, 0.1) is 0 Å². The molecule has 4 nitrogen and oxygen atoms in total. The average molecular weight is 216 g/mol. The van der Waals surface area contributed by atoms with E-state index in [1.54, 1.807) is 0 Å². The van der Waals surface area contributed by atoms with Gasteiger partial charge in [-0.05, 0) is 23.5 Å². The quantitative estimate of drug-likeness (QED) is 0.641. The molecule has 2 atom stereocenters. The predicted octanol–water partition coefficient (Wildman–Crippen LogP) is 1.23. The summed E-state index contributed by atoms with van der Waals surface area (Å²) in [4.78, 5) is 23.2. The summed E-state index contributed by atoms with van der Waals surface area (Å²) in [7, 11) is 0. The van der Waals surface area contributed by atoms with Crippen LogP contribution in [0.3, 0.4) is 0 Å². The number of hydrogen-bond donors (Lipinski definition) is 2. The molecular weight excluding hydrogens is 204 g/mol. The van der Waals surface area contributed by atoms with Gasteiger partial charge in [-0.1, -0.05) is 31.2 Å². The van der Waals surface area contributed by atoms with Crippen molar-refractivity contribution in [1.82, 2.24) is 10.6 Å². The van der Waals surface area contributed by atoms with E-state index in [1.165, 1.54) is 0 Å². The first-order valence-corrected chi connectivity index (χ1v) is 5.36. The summed E-state index contributed by atoms with van der Waals surface area (Å²) in [5, 5.41) is 5.09. The first-order chi connectivity index (χ1) is 7.63. The van der Waals surface area contributed by atoms with Gasteiger partial charge < -0.3 is 5.32 Å². The van der Waals surface area contributed by atoms with Crippen LogP contribution < -0.4 is 10.6 Å². The molecule has 0 aromatic heterocycles. The Morgan fingerprint density at radius 3 is 2.75 bits per heavy atom. The summed E-state index contributed by atoms with van der Waals surface area (Å²) in [5.41, 5.74) is 1.26. The Bertz CT molecular complexity index is 498. The molecule has 1 fully saturated rings. The summed E-state index contributed by atoms with van der Waals surface area (Å²) in [5.74, 6) is 0.0645. The van der Waals surface area contributed by atoms with Gasteiger partial charge in [0, 0.05) is 0 Å². The molecule has 0 radical (unpaired) electrons. The van der Waals surface area contributed by atoms with Gasteiger partial charge in [0.25, 0.3) is 5.91 Å². The van der Waals surface area contributed by atoms with Crippen molar-refractivity contribution in [2.45, 2.75) is 24.8 Å². The van der Waals surface area contributed by atoms with Gasteiger partial charge in [-0.25, -0.2) is 4.79 Å². The minimum atomic E-state index is -0.826. The zero-order valence-corrected chi connectivity index (χ0v) is 8.91. The lowest BCUT2D eigenvalue weighted by Crippen LogP contribution is -2.41. The number of fused-ring (bicyclic) bond motifs is 2. The normalized spacial score (nSPS) is 31.4. The van der Waals surface area contributed by atoms with Crippen molar-refractivity contribution in [3.05, 3.63) is 35.4 Å². The second-order valence-electron chi connectivity index (χ2n) is 4.51. The van der Waals surface area contributed by atoms with Crippen LogP contribution in [0.5, 0.6) is 0 Å². The predicted molar refractivity (Wildman–Crippen MR) is 57.8 cm³/mol. The van der Waals surface area contributed by atoms with Crippen LogP contribution >= 0.6 is 0 Å². The monoisotopic (exact) mass is 216 g/mol. The third-order valence-corrected chi connectivity index (χ3v) is 3.51. The van der Waals surface area contributed by atoms with Crippen LogP contribution in [0.25, 0.3) is 0 Å². The van der Waals surface area contributed by atoms with Gasteiger partial charge >= 0.3 is 6.03 Å². The molecule has 2 N–H and O–H groups in total. The topological polar surface area (TPSA) is 58.2 Å². The molecule has 1 saturated heterocycles. The maximum Gasteiger partial charge on any atom is 0.322 e. The Hall–Kier alpha value is -1.84. The van der Waals surface area contributed by atoms with Gasteiger partial charge in [0.15, 0.2) is 0 Å². The maximum absolute atomic E-state index is 11.9. The third kappa shape index (κ3) is 0.988. The smallest absolute Gasteiger partial charge is 0.319 e. The van der Waals surface area contributed by atoms with E-state index >= 15 is 0 Å². The molecule has 16 heavy (non-hydrogen) atoms. The van der Waals surface area contributed by atoms with Crippen molar-refractivity contribution >= 4 is 11.9 Å². The molecule has 0 saturated carbocycles. The van der Waals surface area contributed by atoms with Crippen molar-refractivity contribution in [1.29, 1.82) is 0 Å². The highest BCUT2D eigenvalue weighted by Crippen LogP contribution is 2.45. The van der Waals surface area contributed by atoms with E-state index in [2.05, 4.69) is 17.6 Å². The number of hydrogen-bond acceptors (Lipinski definition) is 2. The van der Waals surface area contributed by atoms with Crippen LogP contribution in [0.15, 0.2) is 24.3 Å². The number of urea groups is 1. The minimum Gasteiger partial charge on any atom is -0.319 e. The third-order valence-electron chi connectivity index (χ3n) is 3.51. The SMILES string of the molecule is C[C@@H]1C[C@@]2(NC(=O)NC2=O)c2ccccc21. The fourth-order valence-electron chi connectivity index (χ4n) is 2.82. The lowest BCUT2D eigenvalue weighted by molar-refractivity contribution is -0.124. The summed E-state index contributed by atoms with van der Waals surface area (Å²) in [6.07, 6.45) is 0.643. The number of nitrogens with one attached hydrogen (secondary N) is 2. The molecule has 0 bridgehead atoms. The first-order valence-electron chi connectivity index (χ1n) is 5.36. The number of carbonyl (C=O) groups is 2. The second-order valence-corrected chi connectivity index (χ2v) is 4.51. The maximum atomic E-state index is 11.9. The van der Waals surface area contributed by atoms with Crippen LogP contribution in [0.4, 0.5) is 4.79 Å². The Morgan fingerprint density at radius 1 is 1.31 bits per heavy atom. The van der Waals surface area contributed by atoms with Crippen molar-refractivity contribution in [3.8, 4) is 0 Å². The minimum absolute atomic E-state index is 0.227. The molecule has 1 spiro atoms. The number of benzene rings is 1. The Kier molecular flexibility index (Phi) is 1.67. The Labute approximate surface area is 93.0 Å². The largest absolute Gasteiger partial charge is 0.322 e. The molecular formula is C12H12N2O2. The fraction of sp³-hybridized carbons (Fsp3) is 0.333. The highest BCUT2D eigenvalue weighted by molar-refractivity contribution is 6.08. The summed E-state index contributed by atoms with van der Waals surface area (Å²) < 4.78 is 0. The highest BCUT2D eigenvalue weighted by atomic mass is 16.2. The van der Waals surface area contributed by atoms with E-state index in [0.717, 1.165) is 11.1 Å². The zero-order valence-electron chi connectivity index (χ0n) is 8.91. The second kappa shape index (κ2) is 2.84. The van der Waals surface area contributed by atoms with E-state index in [9.17, 15) is 9.59 Å². The molecule has 0 unspecified atom stereocenters. The van der Waals surface area contributed by atoms with Crippen LogP contribution in [0, 0.1) is 0 Å². The summed E-state index contributed by atoms with van der Waals surface area (Å²) in [6.45, 7) is 2.07. The van der Waals surface area contributed by atoms with Gasteiger partial charge in [-0.3, -0.25) is 10.1 Å². The van der Waals surface area contributed by atoms with Gasteiger partial charge in [0.1, 0.15) is 5.54 Å². The number of carbonyl (C=O) groups excluding carboxylic acids is 2. The van der Waals surface area contributed by atoms with E-state index in [-0.39, 0.29) is 5.91 Å². The molecule has 4 heteroatoms. The molecule has 2 aliphatic rings. The summed E-state index contributed by atoms with van der Waals surface area (Å²) >= 11 is 0. The highest BCUT2D eigenvalue weighted by Gasteiger charge is 2.53. The van der Waals surface area contributed by atoms with Crippen LogP contribution in [-0.2, 0) is 10.3 Å². The van der Waals surface area contributed by atoms with Crippen molar-refractivity contribution in [2.24, 2.45) is 0 Å². The van der Waals surface area contributed by atoms with E-state index in [1.807, 2.05) is 24.3 Å². The Morgan fingerprint density at radius 2 is 2.06 bits per heavy atom. The van der Waals surface area contributed by atoms with Gasteiger partial charge in [-0.2, -0.15) is 0 Å². The number of imide groups is 1. The zero-order chi connectivity index (χ0) is 11.3. The first kappa shape index (κ1) is 9.39. The van der Waals surface area contributed by atoms with Gasteiger partial charge in [-0.15, -0.1) is 0 Å². The summed E-state index contributed by atoms with van der Waals surface area (Å²) in [6, 6.07) is 7.41. The van der Waals surface area contributed by atoms with E-state index < -0.39 is 11.6 Å². The van der Waals surface area contributed by atoms with Crippen LogP contribution in [-0.4, -0.2) is 11.9 Å². The lowest BCUT2D eigenvalue weighted by Gasteiger charge is -2.21. The van der Waals surface area contributed by atoms with Crippen LogP contribution in [0.1, 0.15) is 30.4 Å². The average Bonchev–Trinajstić information content (AvgIpc) is 2.69. The molecule has 3 rings (SSSR count). The molecule has 82 valence electrons.